The maximum absolute atomic E-state index is 5.34. The van der Waals surface area contributed by atoms with E-state index in [-0.39, 0.29) is 5.41 Å². The van der Waals surface area contributed by atoms with Crippen LogP contribution in [0.4, 0.5) is 17.1 Å². The van der Waals surface area contributed by atoms with Gasteiger partial charge in [-0.2, -0.15) is 0 Å². The number of imidazole rings is 4. The van der Waals surface area contributed by atoms with E-state index in [1.165, 1.54) is 33.4 Å². The van der Waals surface area contributed by atoms with Gasteiger partial charge in [0, 0.05) is 16.8 Å². The number of hydrogen-bond donors (Lipinski definition) is 0. The lowest BCUT2D eigenvalue weighted by atomic mass is 9.82. The van der Waals surface area contributed by atoms with Crippen molar-refractivity contribution in [3.05, 3.63) is 223 Å². The number of rotatable bonds is 6. The van der Waals surface area contributed by atoms with Crippen molar-refractivity contribution < 1.29 is 0 Å². The Balaban J connectivity index is 1.09. The smallest absolute Gasteiger partial charge is 0.220 e. The van der Waals surface area contributed by atoms with Gasteiger partial charge in [0.2, 0.25) is 11.6 Å². The van der Waals surface area contributed by atoms with Gasteiger partial charge in [0.1, 0.15) is 0 Å². The molecule has 9 aromatic carbocycles. The van der Waals surface area contributed by atoms with Crippen LogP contribution in [0.1, 0.15) is 25.0 Å². The minimum atomic E-state index is -0.186. The van der Waals surface area contributed by atoms with Crippen LogP contribution in [-0.2, 0) is 5.41 Å². The van der Waals surface area contributed by atoms with Gasteiger partial charge in [0.15, 0.2) is 0 Å². The lowest BCUT2D eigenvalue weighted by Gasteiger charge is -2.29. The van der Waals surface area contributed by atoms with E-state index >= 15 is 0 Å². The molecule has 0 fully saturated rings. The predicted molar refractivity (Wildman–Crippen MR) is 270 cm³/mol. The molecule has 66 heavy (non-hydrogen) atoms. The molecule has 0 radical (unpaired) electrons. The second-order valence-electron chi connectivity index (χ2n) is 18.0. The zero-order chi connectivity index (χ0) is 43.7. The molecule has 0 unspecified atom stereocenters. The summed E-state index contributed by atoms with van der Waals surface area (Å²) < 4.78 is 9.24. The van der Waals surface area contributed by atoms with Crippen molar-refractivity contribution in [2.45, 2.75) is 19.3 Å². The molecule has 1 aliphatic rings. The van der Waals surface area contributed by atoms with E-state index < -0.39 is 0 Å². The Morgan fingerprint density at radius 3 is 1.44 bits per heavy atom. The zero-order valence-electron chi connectivity index (χ0n) is 36.3. The summed E-state index contributed by atoms with van der Waals surface area (Å²) in [5, 5.41) is 0. The molecular formula is C59H41N7. The normalized spacial score (nSPS) is 13.1. The van der Waals surface area contributed by atoms with E-state index in [4.69, 9.17) is 9.97 Å². The minimum Gasteiger partial charge on any atom is -0.310 e. The fourth-order valence-electron chi connectivity index (χ4n) is 10.9. The maximum atomic E-state index is 5.34. The molecule has 0 atom stereocenters. The second kappa shape index (κ2) is 13.7. The van der Waals surface area contributed by atoms with Crippen molar-refractivity contribution in [3.8, 4) is 33.6 Å². The molecule has 4 heterocycles. The molecule has 4 aromatic heterocycles. The fourth-order valence-corrected chi connectivity index (χ4v) is 10.9. The van der Waals surface area contributed by atoms with E-state index in [1.807, 2.05) is 0 Å². The standard InChI is InChI=1S/C59H41N7/c1-59(2)47-19-7-6-18-45(47)46-33-32-41(37-48(46)59)62(40-30-28-39(29-31-40)38-16-4-3-5-17-38)42-34-43(63-53-24-12-14-26-55(53)65-51-22-10-8-20-49(51)60-57(63)65)36-44(35-42)64-54-25-13-15-27-56(54)66-52-23-11-9-21-50(52)61-58(64)66/h3-37H,1-2H3. The molecule has 0 spiro atoms. The Kier molecular flexibility index (Phi) is 7.61. The van der Waals surface area contributed by atoms with E-state index in [1.54, 1.807) is 0 Å². The van der Waals surface area contributed by atoms with Gasteiger partial charge < -0.3 is 4.90 Å². The summed E-state index contributed by atoms with van der Waals surface area (Å²) in [7, 11) is 0. The summed E-state index contributed by atoms with van der Waals surface area (Å²) in [6.07, 6.45) is 0. The number of aromatic nitrogens is 6. The number of hydrogen-bond acceptors (Lipinski definition) is 3. The molecule has 0 saturated carbocycles. The quantitative estimate of drug-likeness (QED) is 0.167. The molecule has 312 valence electrons. The first-order chi connectivity index (χ1) is 32.5. The van der Waals surface area contributed by atoms with Gasteiger partial charge in [-0.3, -0.25) is 17.9 Å². The highest BCUT2D eigenvalue weighted by Crippen LogP contribution is 2.51. The number of anilines is 3. The molecule has 0 N–H and O–H groups in total. The minimum absolute atomic E-state index is 0.186. The van der Waals surface area contributed by atoms with E-state index in [0.717, 1.165) is 84.1 Å². The summed E-state index contributed by atoms with van der Waals surface area (Å²) in [4.78, 5) is 13.1. The second-order valence-corrected chi connectivity index (χ2v) is 18.0. The van der Waals surface area contributed by atoms with E-state index in [0.29, 0.717) is 0 Å². The first-order valence-electron chi connectivity index (χ1n) is 22.6. The SMILES string of the molecule is CC1(C)c2ccccc2-c2ccc(N(c3ccc(-c4ccccc4)cc3)c3cc(-n4c5ccccc5n5c6ccccc6nc45)cc(-n4c5ccccc5n5c6ccccc6nc45)c3)cc21. The van der Waals surface area contributed by atoms with Gasteiger partial charge in [-0.05, 0) is 124 Å². The summed E-state index contributed by atoms with van der Waals surface area (Å²) in [5.41, 5.74) is 20.9. The molecule has 1 aliphatic carbocycles. The van der Waals surface area contributed by atoms with Gasteiger partial charge in [0.25, 0.3) is 0 Å². The van der Waals surface area contributed by atoms with Crippen molar-refractivity contribution in [1.82, 2.24) is 27.9 Å². The molecule has 13 aromatic rings. The molecule has 0 bridgehead atoms. The third-order valence-corrected chi connectivity index (χ3v) is 13.9. The molecular weight excluding hydrogens is 807 g/mol. The fraction of sp³-hybridized carbons (Fsp3) is 0.0508. The zero-order valence-corrected chi connectivity index (χ0v) is 36.3. The molecule has 14 rings (SSSR count). The average Bonchev–Trinajstić information content (AvgIpc) is 4.14. The highest BCUT2D eigenvalue weighted by atomic mass is 15.2. The monoisotopic (exact) mass is 847 g/mol. The Bertz CT molecular complexity index is 3920. The third-order valence-electron chi connectivity index (χ3n) is 13.9. The van der Waals surface area contributed by atoms with Crippen LogP contribution in [0.2, 0.25) is 0 Å². The van der Waals surface area contributed by atoms with Crippen LogP contribution in [0.3, 0.4) is 0 Å². The van der Waals surface area contributed by atoms with Gasteiger partial charge in [-0.15, -0.1) is 0 Å². The number of benzene rings is 9. The topological polar surface area (TPSA) is 47.7 Å². The summed E-state index contributed by atoms with van der Waals surface area (Å²) in [5.74, 6) is 1.70. The van der Waals surface area contributed by atoms with Crippen LogP contribution in [0.25, 0.3) is 89.3 Å². The summed E-state index contributed by atoms with van der Waals surface area (Å²) >= 11 is 0. The van der Waals surface area contributed by atoms with Crippen LogP contribution in [0.5, 0.6) is 0 Å². The van der Waals surface area contributed by atoms with Crippen molar-refractivity contribution in [1.29, 1.82) is 0 Å². The molecule has 0 aliphatic heterocycles. The number of nitrogens with zero attached hydrogens (tertiary/aromatic N) is 7. The first kappa shape index (κ1) is 36.8. The Morgan fingerprint density at radius 2 is 0.833 bits per heavy atom. The molecule has 7 heteroatoms. The third kappa shape index (κ3) is 5.19. The molecule has 0 saturated heterocycles. The summed E-state index contributed by atoms with van der Waals surface area (Å²) in [6.45, 7) is 4.71. The van der Waals surface area contributed by atoms with Crippen LogP contribution < -0.4 is 4.90 Å². The van der Waals surface area contributed by atoms with Crippen molar-refractivity contribution in [2.24, 2.45) is 0 Å². The van der Waals surface area contributed by atoms with Crippen molar-refractivity contribution >= 4 is 72.8 Å². The van der Waals surface area contributed by atoms with Gasteiger partial charge >= 0.3 is 0 Å². The van der Waals surface area contributed by atoms with Crippen LogP contribution in [0, 0.1) is 0 Å². The van der Waals surface area contributed by atoms with Crippen molar-refractivity contribution in [2.75, 3.05) is 4.90 Å². The Morgan fingerprint density at radius 1 is 0.364 bits per heavy atom. The van der Waals surface area contributed by atoms with Crippen LogP contribution in [-0.4, -0.2) is 27.9 Å². The maximum Gasteiger partial charge on any atom is 0.220 e. The molecule has 0 amide bonds. The van der Waals surface area contributed by atoms with Gasteiger partial charge in [-0.1, -0.05) is 135 Å². The lowest BCUT2D eigenvalue weighted by Crippen LogP contribution is -2.17. The highest BCUT2D eigenvalue weighted by Gasteiger charge is 2.36. The van der Waals surface area contributed by atoms with Crippen LogP contribution in [0.15, 0.2) is 212 Å². The van der Waals surface area contributed by atoms with Crippen molar-refractivity contribution in [3.63, 3.8) is 0 Å². The molecule has 7 nitrogen and oxygen atoms in total. The average molecular weight is 848 g/mol. The first-order valence-corrected chi connectivity index (χ1v) is 22.6. The highest BCUT2D eigenvalue weighted by molar-refractivity contribution is 5.95. The van der Waals surface area contributed by atoms with Crippen LogP contribution >= 0.6 is 0 Å². The number of fused-ring (bicyclic) bond motifs is 13. The lowest BCUT2D eigenvalue weighted by molar-refractivity contribution is 0.660. The van der Waals surface area contributed by atoms with Gasteiger partial charge in [-0.25, -0.2) is 9.97 Å². The van der Waals surface area contributed by atoms with E-state index in [9.17, 15) is 0 Å². The van der Waals surface area contributed by atoms with Gasteiger partial charge in [0.05, 0.1) is 61.2 Å². The van der Waals surface area contributed by atoms with E-state index in [2.05, 4.69) is 249 Å². The Labute approximate surface area is 380 Å². The largest absolute Gasteiger partial charge is 0.310 e. The summed E-state index contributed by atoms with van der Waals surface area (Å²) in [6, 6.07) is 76.6. The Hall–Kier alpha value is -8.68. The number of para-hydroxylation sites is 8. The predicted octanol–water partition coefficient (Wildman–Crippen LogP) is 14.6.